The van der Waals surface area contributed by atoms with Crippen LogP contribution in [-0.2, 0) is 19.0 Å². The highest BCUT2D eigenvalue weighted by atomic mass is 16.8. The molecule has 5 heteroatoms. The molecule has 4 bridgehead atoms. The molecule has 0 radical (unpaired) electrons. The third kappa shape index (κ3) is 1.55. The van der Waals surface area contributed by atoms with Crippen molar-refractivity contribution in [2.75, 3.05) is 6.61 Å². The molecule has 2 fully saturated rings. The molecule has 104 valence electrons. The molecular formula is C14H18O5. The predicted octanol–water partition coefficient (Wildman–Crippen LogP) is 1.11. The second-order valence-electron chi connectivity index (χ2n) is 6.88. The van der Waals surface area contributed by atoms with Crippen LogP contribution in [-0.4, -0.2) is 35.7 Å². The molecule has 0 aromatic heterocycles. The maximum atomic E-state index is 12.4. The van der Waals surface area contributed by atoms with Crippen LogP contribution in [0.2, 0.25) is 0 Å². The van der Waals surface area contributed by atoms with Gasteiger partial charge < -0.3 is 19.3 Å². The van der Waals surface area contributed by atoms with Crippen molar-refractivity contribution in [3.63, 3.8) is 0 Å². The summed E-state index contributed by atoms with van der Waals surface area (Å²) in [6.07, 6.45) is 0.771. The molecular weight excluding hydrogens is 248 g/mol. The number of hydrogen-bond donors (Lipinski definition) is 1. The first kappa shape index (κ1) is 11.9. The minimum absolute atomic E-state index is 0.0869. The molecule has 4 aliphatic rings. The largest absolute Gasteiger partial charge is 0.461 e. The van der Waals surface area contributed by atoms with Gasteiger partial charge in [0.1, 0.15) is 5.76 Å². The third-order valence-electron chi connectivity index (χ3n) is 4.59. The summed E-state index contributed by atoms with van der Waals surface area (Å²) >= 11 is 0. The monoisotopic (exact) mass is 266 g/mol. The molecule has 0 saturated carbocycles. The van der Waals surface area contributed by atoms with Crippen LogP contribution in [0, 0.1) is 11.3 Å². The van der Waals surface area contributed by atoms with Gasteiger partial charge in [0.25, 0.3) is 5.79 Å². The Hall–Kier alpha value is -0.910. The molecule has 0 amide bonds. The lowest BCUT2D eigenvalue weighted by atomic mass is 9.70. The van der Waals surface area contributed by atoms with Gasteiger partial charge in [-0.2, -0.15) is 0 Å². The smallest absolute Gasteiger partial charge is 0.259 e. The van der Waals surface area contributed by atoms with E-state index >= 15 is 0 Å². The zero-order chi connectivity index (χ0) is 13.4. The zero-order valence-electron chi connectivity index (χ0n) is 11.1. The fraction of sp³-hybridized carbons (Fsp3) is 0.786. The molecule has 0 aromatic carbocycles. The van der Waals surface area contributed by atoms with Gasteiger partial charge in [-0.25, -0.2) is 0 Å². The quantitative estimate of drug-likeness (QED) is 0.711. The van der Waals surface area contributed by atoms with E-state index in [0.717, 1.165) is 5.57 Å². The summed E-state index contributed by atoms with van der Waals surface area (Å²) in [5.41, 5.74) is 0.622. The van der Waals surface area contributed by atoms with Gasteiger partial charge in [0.2, 0.25) is 6.29 Å². The highest BCUT2D eigenvalue weighted by Crippen LogP contribution is 2.52. The summed E-state index contributed by atoms with van der Waals surface area (Å²) in [6.45, 7) is 4.52. The number of aliphatic hydroxyl groups is 1. The highest BCUT2D eigenvalue weighted by Gasteiger charge is 2.60. The van der Waals surface area contributed by atoms with E-state index in [1.165, 1.54) is 0 Å². The Kier molecular flexibility index (Phi) is 2.12. The van der Waals surface area contributed by atoms with E-state index in [1.807, 2.05) is 13.8 Å². The maximum Gasteiger partial charge on any atom is 0.259 e. The van der Waals surface area contributed by atoms with E-state index in [4.69, 9.17) is 14.2 Å². The molecule has 19 heavy (non-hydrogen) atoms. The lowest BCUT2D eigenvalue weighted by Gasteiger charge is -2.48. The standard InChI is InChI=1S/C14H18O5/c1-13(2)4-8(15)11-7-3-14(16,19-9(11)5-13)12-17-6-10(7)18-12/h7,10,12,16H,3-6H2,1-2H3/t7-,10-,12+,14+/m0/s1. The van der Waals surface area contributed by atoms with Gasteiger partial charge in [-0.15, -0.1) is 0 Å². The van der Waals surface area contributed by atoms with Crippen LogP contribution in [0.5, 0.6) is 0 Å². The number of carbonyl (C=O) groups is 1. The van der Waals surface area contributed by atoms with Gasteiger partial charge in [-0.3, -0.25) is 4.79 Å². The molecule has 1 N–H and O–H groups in total. The zero-order valence-corrected chi connectivity index (χ0v) is 11.1. The summed E-state index contributed by atoms with van der Waals surface area (Å²) < 4.78 is 16.8. The van der Waals surface area contributed by atoms with Gasteiger partial charge >= 0.3 is 0 Å². The molecule has 3 aliphatic heterocycles. The van der Waals surface area contributed by atoms with E-state index in [1.54, 1.807) is 0 Å². The number of Topliss-reactive ketones (excluding diaryl/α,β-unsaturated/α-hetero) is 1. The predicted molar refractivity (Wildman–Crippen MR) is 63.8 cm³/mol. The van der Waals surface area contributed by atoms with Crippen molar-refractivity contribution in [3.05, 3.63) is 11.3 Å². The Labute approximate surface area is 111 Å². The van der Waals surface area contributed by atoms with Crippen LogP contribution in [0.1, 0.15) is 33.1 Å². The fourth-order valence-electron chi connectivity index (χ4n) is 3.78. The highest BCUT2D eigenvalue weighted by molar-refractivity contribution is 5.98. The number of ketones is 1. The van der Waals surface area contributed by atoms with Crippen LogP contribution in [0.4, 0.5) is 0 Å². The average Bonchev–Trinajstić information content (AvgIpc) is 2.70. The molecule has 5 nitrogen and oxygen atoms in total. The Bertz CT molecular complexity index is 494. The normalized spacial score (nSPS) is 46.9. The van der Waals surface area contributed by atoms with Crippen molar-refractivity contribution < 1.29 is 24.1 Å². The van der Waals surface area contributed by atoms with Crippen molar-refractivity contribution >= 4 is 5.78 Å². The molecule has 1 aliphatic carbocycles. The first-order valence-corrected chi connectivity index (χ1v) is 6.83. The summed E-state index contributed by atoms with van der Waals surface area (Å²) in [4.78, 5) is 12.4. The number of ether oxygens (including phenoxy) is 3. The van der Waals surface area contributed by atoms with Crippen molar-refractivity contribution in [1.29, 1.82) is 0 Å². The second kappa shape index (κ2) is 3.40. The van der Waals surface area contributed by atoms with Crippen LogP contribution < -0.4 is 0 Å². The summed E-state index contributed by atoms with van der Waals surface area (Å²) in [5, 5.41) is 10.6. The number of hydrogen-bond acceptors (Lipinski definition) is 5. The Morgan fingerprint density at radius 2 is 2.11 bits per heavy atom. The van der Waals surface area contributed by atoms with Gasteiger partial charge in [0.05, 0.1) is 12.7 Å². The Morgan fingerprint density at radius 1 is 1.32 bits per heavy atom. The van der Waals surface area contributed by atoms with Gasteiger partial charge in [-0.05, 0) is 5.41 Å². The molecule has 2 saturated heterocycles. The van der Waals surface area contributed by atoms with Crippen molar-refractivity contribution in [3.8, 4) is 0 Å². The molecule has 0 unspecified atom stereocenters. The summed E-state index contributed by atoms with van der Waals surface area (Å²) in [6, 6.07) is 0. The number of fused-ring (bicyclic) bond motifs is 7. The lowest BCUT2D eigenvalue weighted by Crippen LogP contribution is -2.56. The Morgan fingerprint density at radius 3 is 2.89 bits per heavy atom. The minimum atomic E-state index is -1.43. The van der Waals surface area contributed by atoms with Crippen LogP contribution in [0.25, 0.3) is 0 Å². The summed E-state index contributed by atoms with van der Waals surface area (Å²) in [7, 11) is 0. The Balaban J connectivity index is 1.81. The van der Waals surface area contributed by atoms with Gasteiger partial charge in [0, 0.05) is 30.8 Å². The first-order chi connectivity index (χ1) is 8.88. The number of rotatable bonds is 0. The van der Waals surface area contributed by atoms with Crippen molar-refractivity contribution in [1.82, 2.24) is 0 Å². The van der Waals surface area contributed by atoms with Crippen LogP contribution in [0.3, 0.4) is 0 Å². The number of allylic oxidation sites excluding steroid dienone is 1. The van der Waals surface area contributed by atoms with E-state index < -0.39 is 12.1 Å². The third-order valence-corrected chi connectivity index (χ3v) is 4.59. The van der Waals surface area contributed by atoms with E-state index in [9.17, 15) is 9.90 Å². The molecule has 4 rings (SSSR count). The van der Waals surface area contributed by atoms with Crippen molar-refractivity contribution in [2.45, 2.75) is 51.3 Å². The molecule has 3 heterocycles. The van der Waals surface area contributed by atoms with E-state index in [0.29, 0.717) is 31.6 Å². The van der Waals surface area contributed by atoms with Gasteiger partial charge in [0.15, 0.2) is 5.78 Å². The molecule has 0 spiro atoms. The SMILES string of the molecule is CC1(C)CC(=O)C2=C(C1)O[C@]1(O)C[C@H]2[C@@H]2CO[C@@H]1O2. The van der Waals surface area contributed by atoms with Crippen LogP contribution >= 0.6 is 0 Å². The van der Waals surface area contributed by atoms with Crippen LogP contribution in [0.15, 0.2) is 11.3 Å². The molecule has 4 atom stereocenters. The lowest BCUT2D eigenvalue weighted by molar-refractivity contribution is -0.331. The fourth-order valence-corrected chi connectivity index (χ4v) is 3.78. The number of carbonyl (C=O) groups excluding carboxylic acids is 1. The maximum absolute atomic E-state index is 12.4. The van der Waals surface area contributed by atoms with Crippen molar-refractivity contribution in [2.24, 2.45) is 11.3 Å². The van der Waals surface area contributed by atoms with Gasteiger partial charge in [-0.1, -0.05) is 13.8 Å². The molecule has 0 aromatic rings. The second-order valence-corrected chi connectivity index (χ2v) is 6.88. The van der Waals surface area contributed by atoms with E-state index in [2.05, 4.69) is 0 Å². The topological polar surface area (TPSA) is 65.0 Å². The van der Waals surface area contributed by atoms with E-state index in [-0.39, 0.29) is 23.2 Å². The average molecular weight is 266 g/mol. The summed E-state index contributed by atoms with van der Waals surface area (Å²) in [5.74, 6) is -0.725. The first-order valence-electron chi connectivity index (χ1n) is 6.83. The minimum Gasteiger partial charge on any atom is -0.461 e.